The number of nitrogens with zero attached hydrogens (tertiary/aromatic N) is 3. The molecule has 2 aliphatic heterocycles. The second kappa shape index (κ2) is 5.75. The molecule has 1 aromatic heterocycles. The molecule has 2 fully saturated rings. The van der Waals surface area contributed by atoms with Gasteiger partial charge in [-0.1, -0.05) is 25.1 Å². The molecule has 0 radical (unpaired) electrons. The summed E-state index contributed by atoms with van der Waals surface area (Å²) < 4.78 is 14.7. The van der Waals surface area contributed by atoms with E-state index < -0.39 is 0 Å². The minimum atomic E-state index is 0.341. The fraction of sp³-hybridized carbons (Fsp3) is 0.833. The van der Waals surface area contributed by atoms with Gasteiger partial charge in [-0.3, -0.25) is 4.90 Å². The number of aromatic nitrogens is 2. The van der Waals surface area contributed by atoms with E-state index in [1.54, 1.807) is 11.8 Å². The van der Waals surface area contributed by atoms with Gasteiger partial charge in [-0.2, -0.15) is 4.37 Å². The Balaban J connectivity index is 1.57. The van der Waals surface area contributed by atoms with E-state index in [0.717, 1.165) is 23.2 Å². The van der Waals surface area contributed by atoms with Gasteiger partial charge in [0.2, 0.25) is 0 Å². The Morgan fingerprint density at radius 3 is 3.11 bits per heavy atom. The summed E-state index contributed by atoms with van der Waals surface area (Å²) in [6.07, 6.45) is 4.07. The van der Waals surface area contributed by atoms with Crippen LogP contribution in [-0.2, 0) is 0 Å². The molecule has 3 heterocycles. The first kappa shape index (κ1) is 12.7. The standard InChI is InChI=1S/C12H19N3OS2/c1-2-3-6-17-12-11(13-18-14-12)16-10-8-15-5-4-9(10)7-15/h9-10H,2-8H2,1H3. The van der Waals surface area contributed by atoms with Crippen LogP contribution in [0.1, 0.15) is 26.2 Å². The van der Waals surface area contributed by atoms with Crippen LogP contribution in [0.5, 0.6) is 5.88 Å². The van der Waals surface area contributed by atoms with Gasteiger partial charge < -0.3 is 4.74 Å². The Bertz CT molecular complexity index is 398. The van der Waals surface area contributed by atoms with Crippen LogP contribution in [0.2, 0.25) is 0 Å². The molecule has 4 nitrogen and oxygen atoms in total. The third-order valence-corrected chi connectivity index (χ3v) is 5.36. The van der Waals surface area contributed by atoms with E-state index in [1.165, 1.54) is 44.1 Å². The summed E-state index contributed by atoms with van der Waals surface area (Å²) in [5.41, 5.74) is 0. The van der Waals surface area contributed by atoms with Crippen LogP contribution in [0.4, 0.5) is 0 Å². The van der Waals surface area contributed by atoms with Crippen molar-refractivity contribution in [2.24, 2.45) is 5.92 Å². The van der Waals surface area contributed by atoms with Crippen LogP contribution in [0.3, 0.4) is 0 Å². The molecule has 0 amide bonds. The molecule has 3 unspecified atom stereocenters. The fourth-order valence-electron chi connectivity index (χ4n) is 2.66. The maximum atomic E-state index is 6.09. The van der Waals surface area contributed by atoms with Gasteiger partial charge in [-0.05, 0) is 25.1 Å². The van der Waals surface area contributed by atoms with Crippen LogP contribution in [-0.4, -0.2) is 45.1 Å². The molecule has 0 N–H and O–H groups in total. The third-order valence-electron chi connectivity index (χ3n) is 3.70. The molecule has 0 aromatic carbocycles. The lowest BCUT2D eigenvalue weighted by Gasteiger charge is -2.22. The Hall–Kier alpha value is -0.330. The SMILES string of the molecule is CCCCSc1nsnc1OC1CN2CCC1C2. The molecule has 0 spiro atoms. The lowest BCUT2D eigenvalue weighted by Crippen LogP contribution is -2.32. The maximum Gasteiger partial charge on any atom is 0.260 e. The van der Waals surface area contributed by atoms with Gasteiger partial charge in [0.1, 0.15) is 6.10 Å². The van der Waals surface area contributed by atoms with Gasteiger partial charge in [0, 0.05) is 19.0 Å². The summed E-state index contributed by atoms with van der Waals surface area (Å²) in [6.45, 7) is 5.74. The van der Waals surface area contributed by atoms with Crippen molar-refractivity contribution < 1.29 is 4.74 Å². The largest absolute Gasteiger partial charge is 0.470 e. The van der Waals surface area contributed by atoms with Crippen LogP contribution in [0.15, 0.2) is 5.03 Å². The summed E-state index contributed by atoms with van der Waals surface area (Å²) in [5.74, 6) is 2.60. The highest BCUT2D eigenvalue weighted by atomic mass is 32.2. The Kier molecular flexibility index (Phi) is 4.06. The molecule has 0 aliphatic carbocycles. The first-order chi connectivity index (χ1) is 8.86. The van der Waals surface area contributed by atoms with Crippen LogP contribution in [0, 0.1) is 5.92 Å². The molecule has 6 heteroatoms. The van der Waals surface area contributed by atoms with Gasteiger partial charge in [0.05, 0.1) is 11.7 Å². The van der Waals surface area contributed by atoms with Crippen molar-refractivity contribution in [3.8, 4) is 5.88 Å². The van der Waals surface area contributed by atoms with Gasteiger partial charge in [0.25, 0.3) is 5.88 Å². The highest BCUT2D eigenvalue weighted by Crippen LogP contribution is 2.34. The molecule has 3 rings (SSSR count). The van der Waals surface area contributed by atoms with E-state index in [1.807, 2.05) is 0 Å². The van der Waals surface area contributed by atoms with E-state index in [-0.39, 0.29) is 0 Å². The molecular formula is C12H19N3OS2. The highest BCUT2D eigenvalue weighted by Gasteiger charge is 2.40. The number of hydrogen-bond donors (Lipinski definition) is 0. The van der Waals surface area contributed by atoms with Crippen molar-refractivity contribution in [1.29, 1.82) is 0 Å². The van der Waals surface area contributed by atoms with Crippen LogP contribution < -0.4 is 4.74 Å². The molecule has 1 aromatic rings. The molecule has 3 atom stereocenters. The van der Waals surface area contributed by atoms with Crippen molar-refractivity contribution in [3.63, 3.8) is 0 Å². The molecule has 2 aliphatic rings. The van der Waals surface area contributed by atoms with Crippen molar-refractivity contribution in [2.75, 3.05) is 25.4 Å². The second-order valence-electron chi connectivity index (χ2n) is 5.04. The zero-order valence-corrected chi connectivity index (χ0v) is 12.3. The topological polar surface area (TPSA) is 38.3 Å². The van der Waals surface area contributed by atoms with E-state index in [0.29, 0.717) is 12.0 Å². The Morgan fingerprint density at radius 2 is 2.39 bits per heavy atom. The maximum absolute atomic E-state index is 6.09. The van der Waals surface area contributed by atoms with Crippen molar-refractivity contribution >= 4 is 23.5 Å². The number of thioether (sulfide) groups is 1. The second-order valence-corrected chi connectivity index (χ2v) is 6.65. The van der Waals surface area contributed by atoms with E-state index in [4.69, 9.17) is 4.74 Å². The summed E-state index contributed by atoms with van der Waals surface area (Å²) in [5, 5.41) is 0.992. The fourth-order valence-corrected chi connectivity index (χ4v) is 4.27. The lowest BCUT2D eigenvalue weighted by molar-refractivity contribution is 0.133. The van der Waals surface area contributed by atoms with Gasteiger partial charge >= 0.3 is 0 Å². The number of hydrogen-bond acceptors (Lipinski definition) is 6. The predicted octanol–water partition coefficient (Wildman–Crippen LogP) is 2.51. The van der Waals surface area contributed by atoms with Crippen LogP contribution >= 0.6 is 23.5 Å². The minimum Gasteiger partial charge on any atom is -0.470 e. The molecular weight excluding hydrogens is 266 g/mol. The smallest absolute Gasteiger partial charge is 0.260 e. The molecule has 2 saturated heterocycles. The number of unbranched alkanes of at least 4 members (excludes halogenated alkanes) is 1. The normalized spacial score (nSPS) is 29.9. The summed E-state index contributed by atoms with van der Waals surface area (Å²) in [6, 6.07) is 0. The third kappa shape index (κ3) is 2.65. The number of rotatable bonds is 6. The zero-order chi connectivity index (χ0) is 12.4. The van der Waals surface area contributed by atoms with Crippen LogP contribution in [0.25, 0.3) is 0 Å². The molecule has 18 heavy (non-hydrogen) atoms. The average Bonchev–Trinajstić information content (AvgIpc) is 3.07. The highest BCUT2D eigenvalue weighted by molar-refractivity contribution is 7.99. The quantitative estimate of drug-likeness (QED) is 0.593. The zero-order valence-electron chi connectivity index (χ0n) is 10.7. The summed E-state index contributed by atoms with van der Waals surface area (Å²) in [7, 11) is 0. The number of fused-ring (bicyclic) bond motifs is 2. The lowest BCUT2D eigenvalue weighted by atomic mass is 10.0. The first-order valence-corrected chi connectivity index (χ1v) is 8.42. The summed E-state index contributed by atoms with van der Waals surface area (Å²) >= 11 is 3.05. The first-order valence-electron chi connectivity index (χ1n) is 6.71. The van der Waals surface area contributed by atoms with E-state index in [9.17, 15) is 0 Å². The minimum absolute atomic E-state index is 0.341. The number of piperidine rings is 1. The van der Waals surface area contributed by atoms with Gasteiger partial charge in [-0.15, -0.1) is 4.37 Å². The van der Waals surface area contributed by atoms with Crippen molar-refractivity contribution in [1.82, 2.24) is 13.6 Å². The molecule has 100 valence electrons. The Morgan fingerprint density at radius 1 is 1.44 bits per heavy atom. The van der Waals surface area contributed by atoms with E-state index in [2.05, 4.69) is 20.6 Å². The van der Waals surface area contributed by atoms with Crippen molar-refractivity contribution in [2.45, 2.75) is 37.3 Å². The van der Waals surface area contributed by atoms with Gasteiger partial charge in [-0.25, -0.2) is 0 Å². The monoisotopic (exact) mass is 285 g/mol. The Labute approximate surface area is 116 Å². The number of ether oxygens (including phenoxy) is 1. The summed E-state index contributed by atoms with van der Waals surface area (Å²) in [4.78, 5) is 2.49. The average molecular weight is 285 g/mol. The van der Waals surface area contributed by atoms with Gasteiger partial charge in [0.15, 0.2) is 5.03 Å². The van der Waals surface area contributed by atoms with Crippen molar-refractivity contribution in [3.05, 3.63) is 0 Å². The molecule has 2 bridgehead atoms. The predicted molar refractivity (Wildman–Crippen MR) is 74.5 cm³/mol. The van der Waals surface area contributed by atoms with E-state index >= 15 is 0 Å². The molecule has 0 saturated carbocycles.